The van der Waals surface area contributed by atoms with Gasteiger partial charge >= 0.3 is 0 Å². The number of fused-ring (bicyclic) bond motifs is 2. The van der Waals surface area contributed by atoms with Crippen LogP contribution in [0, 0.1) is 0 Å². The van der Waals surface area contributed by atoms with Gasteiger partial charge in [-0.2, -0.15) is 0 Å². The molecule has 0 radical (unpaired) electrons. The van der Waals surface area contributed by atoms with Crippen molar-refractivity contribution in [3.63, 3.8) is 0 Å². The van der Waals surface area contributed by atoms with E-state index in [9.17, 15) is 4.79 Å². The van der Waals surface area contributed by atoms with Gasteiger partial charge in [0.05, 0.1) is 17.8 Å². The van der Waals surface area contributed by atoms with Crippen LogP contribution in [-0.2, 0) is 19.6 Å². The standard InChI is InChI=1S/C22H26N6O/c29-22(18-7-8-19-17(14-18)6-4-9-23-19)27-12-5-13-28-21(16-27)20(24-25-28)15-26-10-2-1-3-11-26/h4,6-9,14H,1-3,5,10-13,15-16H2. The summed E-state index contributed by atoms with van der Waals surface area (Å²) in [7, 11) is 0. The van der Waals surface area contributed by atoms with Crippen LogP contribution in [0.1, 0.15) is 47.4 Å². The Bertz CT molecular complexity index is 1020. The Morgan fingerprint density at radius 1 is 1.00 bits per heavy atom. The first-order valence-electron chi connectivity index (χ1n) is 10.6. The molecule has 5 rings (SSSR count). The molecule has 0 atom stereocenters. The third kappa shape index (κ3) is 3.74. The van der Waals surface area contributed by atoms with Gasteiger partial charge in [-0.3, -0.25) is 14.7 Å². The van der Waals surface area contributed by atoms with Crippen molar-refractivity contribution in [3.8, 4) is 0 Å². The van der Waals surface area contributed by atoms with Crippen LogP contribution < -0.4 is 0 Å². The summed E-state index contributed by atoms with van der Waals surface area (Å²) in [6.07, 6.45) is 6.49. The van der Waals surface area contributed by atoms with Crippen molar-refractivity contribution in [1.82, 2.24) is 29.8 Å². The van der Waals surface area contributed by atoms with Crippen LogP contribution in [0.3, 0.4) is 0 Å². The molecule has 7 heteroatoms. The zero-order valence-corrected chi connectivity index (χ0v) is 16.6. The maximum atomic E-state index is 13.3. The number of piperidine rings is 1. The molecule has 0 N–H and O–H groups in total. The van der Waals surface area contributed by atoms with E-state index in [2.05, 4.69) is 20.2 Å². The van der Waals surface area contributed by atoms with Gasteiger partial charge < -0.3 is 4.90 Å². The zero-order valence-electron chi connectivity index (χ0n) is 16.6. The second kappa shape index (κ2) is 7.91. The fourth-order valence-electron chi connectivity index (χ4n) is 4.41. The molecule has 0 spiro atoms. The van der Waals surface area contributed by atoms with E-state index >= 15 is 0 Å². The average Bonchev–Trinajstić information content (AvgIpc) is 3.01. The minimum Gasteiger partial charge on any atom is -0.333 e. The summed E-state index contributed by atoms with van der Waals surface area (Å²) in [5.74, 6) is 0.0642. The van der Waals surface area contributed by atoms with Crippen LogP contribution in [0.25, 0.3) is 10.9 Å². The molecule has 2 aliphatic heterocycles. The number of nitrogens with zero attached hydrogens (tertiary/aromatic N) is 6. The summed E-state index contributed by atoms with van der Waals surface area (Å²) < 4.78 is 2.00. The molecule has 29 heavy (non-hydrogen) atoms. The number of carbonyl (C=O) groups excluding carboxylic acids is 1. The molecular formula is C22H26N6O. The Hall–Kier alpha value is -2.80. The van der Waals surface area contributed by atoms with E-state index in [1.165, 1.54) is 19.3 Å². The molecule has 0 unspecified atom stereocenters. The van der Waals surface area contributed by atoms with E-state index < -0.39 is 0 Å². The van der Waals surface area contributed by atoms with Crippen LogP contribution in [0.15, 0.2) is 36.5 Å². The summed E-state index contributed by atoms with van der Waals surface area (Å²) in [6, 6.07) is 9.65. The molecule has 1 aromatic carbocycles. The first-order valence-corrected chi connectivity index (χ1v) is 10.6. The highest BCUT2D eigenvalue weighted by atomic mass is 16.2. The summed E-state index contributed by atoms with van der Waals surface area (Å²) in [4.78, 5) is 22.0. The zero-order chi connectivity index (χ0) is 19.6. The van der Waals surface area contributed by atoms with Gasteiger partial charge in [0.25, 0.3) is 5.91 Å². The van der Waals surface area contributed by atoms with Crippen LogP contribution in [-0.4, -0.2) is 55.3 Å². The first-order chi connectivity index (χ1) is 14.3. The number of benzene rings is 1. The largest absolute Gasteiger partial charge is 0.333 e. The molecule has 4 heterocycles. The van der Waals surface area contributed by atoms with Gasteiger partial charge in [-0.05, 0) is 56.6 Å². The third-order valence-electron chi connectivity index (χ3n) is 6.02. The highest BCUT2D eigenvalue weighted by molar-refractivity contribution is 5.97. The summed E-state index contributed by atoms with van der Waals surface area (Å²) in [6.45, 7) is 5.20. The third-order valence-corrected chi connectivity index (χ3v) is 6.02. The lowest BCUT2D eigenvalue weighted by Crippen LogP contribution is -2.32. The normalized spacial score (nSPS) is 17.9. The van der Waals surface area contributed by atoms with Gasteiger partial charge in [0.15, 0.2) is 0 Å². The van der Waals surface area contributed by atoms with E-state index in [0.717, 1.165) is 61.4 Å². The number of aromatic nitrogens is 4. The van der Waals surface area contributed by atoms with Crippen molar-refractivity contribution in [1.29, 1.82) is 0 Å². The van der Waals surface area contributed by atoms with Gasteiger partial charge in [0.1, 0.15) is 5.69 Å². The summed E-state index contributed by atoms with van der Waals surface area (Å²) in [5, 5.41) is 9.84. The van der Waals surface area contributed by atoms with Gasteiger partial charge in [0, 0.05) is 36.8 Å². The fourth-order valence-corrected chi connectivity index (χ4v) is 4.41. The first kappa shape index (κ1) is 18.2. The van der Waals surface area contributed by atoms with Crippen molar-refractivity contribution in [2.24, 2.45) is 0 Å². The molecule has 7 nitrogen and oxygen atoms in total. The van der Waals surface area contributed by atoms with E-state index in [-0.39, 0.29) is 5.91 Å². The molecule has 0 aliphatic carbocycles. The second-order valence-corrected chi connectivity index (χ2v) is 8.03. The number of likely N-dealkylation sites (tertiary alicyclic amines) is 1. The number of aryl methyl sites for hydroxylation is 1. The quantitative estimate of drug-likeness (QED) is 0.688. The summed E-state index contributed by atoms with van der Waals surface area (Å²) >= 11 is 0. The van der Waals surface area contributed by atoms with Crippen LogP contribution in [0.2, 0.25) is 0 Å². The lowest BCUT2D eigenvalue weighted by Gasteiger charge is -2.26. The maximum Gasteiger partial charge on any atom is 0.254 e. The van der Waals surface area contributed by atoms with E-state index in [4.69, 9.17) is 0 Å². The predicted octanol–water partition coefficient (Wildman–Crippen LogP) is 2.86. The Morgan fingerprint density at radius 3 is 2.79 bits per heavy atom. The highest BCUT2D eigenvalue weighted by Gasteiger charge is 2.25. The number of hydrogen-bond donors (Lipinski definition) is 0. The fraction of sp³-hybridized carbons (Fsp3) is 0.455. The summed E-state index contributed by atoms with van der Waals surface area (Å²) in [5.41, 5.74) is 3.73. The van der Waals surface area contributed by atoms with Gasteiger partial charge in [-0.15, -0.1) is 5.10 Å². The topological polar surface area (TPSA) is 67.2 Å². The van der Waals surface area contributed by atoms with E-state index in [1.807, 2.05) is 39.9 Å². The highest BCUT2D eigenvalue weighted by Crippen LogP contribution is 2.21. The monoisotopic (exact) mass is 390 g/mol. The Kier molecular flexibility index (Phi) is 4.97. The minimum atomic E-state index is 0.0642. The molecule has 1 saturated heterocycles. The van der Waals surface area contributed by atoms with Gasteiger partial charge in [-0.1, -0.05) is 17.7 Å². The molecule has 0 bridgehead atoms. The number of hydrogen-bond acceptors (Lipinski definition) is 5. The van der Waals surface area contributed by atoms with Crippen molar-refractivity contribution in [2.75, 3.05) is 19.6 Å². The average molecular weight is 390 g/mol. The molecular weight excluding hydrogens is 364 g/mol. The van der Waals surface area contributed by atoms with Crippen molar-refractivity contribution < 1.29 is 4.79 Å². The van der Waals surface area contributed by atoms with E-state index in [1.54, 1.807) is 6.20 Å². The molecule has 150 valence electrons. The number of carbonyl (C=O) groups is 1. The van der Waals surface area contributed by atoms with E-state index in [0.29, 0.717) is 12.1 Å². The van der Waals surface area contributed by atoms with Crippen molar-refractivity contribution >= 4 is 16.8 Å². The molecule has 0 saturated carbocycles. The SMILES string of the molecule is O=C(c1ccc2ncccc2c1)N1CCCn2nnc(CN3CCCCC3)c2C1. The number of pyridine rings is 1. The van der Waals surface area contributed by atoms with Crippen LogP contribution in [0.4, 0.5) is 0 Å². The van der Waals surface area contributed by atoms with Crippen LogP contribution >= 0.6 is 0 Å². The number of rotatable bonds is 3. The lowest BCUT2D eigenvalue weighted by molar-refractivity contribution is 0.0745. The lowest BCUT2D eigenvalue weighted by atomic mass is 10.1. The predicted molar refractivity (Wildman–Crippen MR) is 110 cm³/mol. The van der Waals surface area contributed by atoms with Gasteiger partial charge in [0.2, 0.25) is 0 Å². The molecule has 3 aromatic rings. The maximum absolute atomic E-state index is 13.3. The molecule has 1 amide bonds. The smallest absolute Gasteiger partial charge is 0.254 e. The second-order valence-electron chi connectivity index (χ2n) is 8.03. The van der Waals surface area contributed by atoms with Gasteiger partial charge in [-0.25, -0.2) is 4.68 Å². The Morgan fingerprint density at radius 2 is 1.90 bits per heavy atom. The minimum absolute atomic E-state index is 0.0642. The Balaban J connectivity index is 1.38. The molecule has 1 fully saturated rings. The van der Waals surface area contributed by atoms with Crippen LogP contribution in [0.5, 0.6) is 0 Å². The molecule has 2 aromatic heterocycles. The van der Waals surface area contributed by atoms with Crippen molar-refractivity contribution in [3.05, 3.63) is 53.5 Å². The number of amides is 1. The van der Waals surface area contributed by atoms with Crippen molar-refractivity contribution in [2.45, 2.75) is 45.3 Å². The Labute approximate surface area is 170 Å². The molecule has 2 aliphatic rings.